The van der Waals surface area contributed by atoms with E-state index in [-0.39, 0.29) is 10.8 Å². The van der Waals surface area contributed by atoms with Crippen molar-refractivity contribution in [3.05, 3.63) is 201 Å². The molecule has 0 amide bonds. The van der Waals surface area contributed by atoms with Crippen molar-refractivity contribution < 1.29 is 10.2 Å². The van der Waals surface area contributed by atoms with E-state index in [0.717, 1.165) is 46.5 Å². The van der Waals surface area contributed by atoms with Gasteiger partial charge in [-0.25, -0.2) is 0 Å². The summed E-state index contributed by atoms with van der Waals surface area (Å²) in [6.45, 7) is 20.7. The maximum atomic E-state index is 12.1. The molecule has 0 aliphatic rings. The minimum atomic E-state index is -0.415. The number of nitrogens with zero attached hydrogens (tertiary/aromatic N) is 2. The summed E-state index contributed by atoms with van der Waals surface area (Å²) in [5.74, 6) is 0.719. The van der Waals surface area contributed by atoms with Crippen LogP contribution in [0.5, 0.6) is 11.5 Å². The largest absolute Gasteiger partial charge is 0.507 e. The molecule has 0 heterocycles. The molecule has 0 atom stereocenters. The van der Waals surface area contributed by atoms with E-state index in [1.165, 1.54) is 22.3 Å². The molecule has 4 heteroatoms. The number of phenolic OH excluding ortho intramolecular Hbond substituents is 2. The van der Waals surface area contributed by atoms with Crippen molar-refractivity contribution in [3.8, 4) is 11.5 Å². The number of aromatic hydroxyl groups is 2. The van der Waals surface area contributed by atoms with Crippen LogP contribution in [0.3, 0.4) is 0 Å². The predicted octanol–water partition coefficient (Wildman–Crippen LogP) is 12.0. The molecular formula is C54H64N2O2. The van der Waals surface area contributed by atoms with Gasteiger partial charge >= 0.3 is 0 Å². The van der Waals surface area contributed by atoms with Gasteiger partial charge in [0.05, 0.1) is 0 Å². The fourth-order valence-corrected chi connectivity index (χ4v) is 8.45. The van der Waals surface area contributed by atoms with Gasteiger partial charge in [0.2, 0.25) is 0 Å². The van der Waals surface area contributed by atoms with Crippen LogP contribution in [0, 0.1) is 0 Å². The lowest BCUT2D eigenvalue weighted by molar-refractivity contribution is 0.243. The summed E-state index contributed by atoms with van der Waals surface area (Å²) in [6, 6.07) is 51.1. The summed E-state index contributed by atoms with van der Waals surface area (Å²) in [5, 5.41) is 24.2. The quantitative estimate of drug-likeness (QED) is 0.109. The molecule has 6 aromatic rings. The van der Waals surface area contributed by atoms with Gasteiger partial charge in [0.1, 0.15) is 11.5 Å². The highest BCUT2D eigenvalue weighted by atomic mass is 16.3. The van der Waals surface area contributed by atoms with Crippen molar-refractivity contribution in [2.75, 3.05) is 27.2 Å². The first-order valence-electron chi connectivity index (χ1n) is 20.8. The second-order valence-electron chi connectivity index (χ2n) is 18.5. The van der Waals surface area contributed by atoms with E-state index in [9.17, 15) is 10.2 Å². The van der Waals surface area contributed by atoms with Crippen LogP contribution in [-0.4, -0.2) is 47.2 Å². The van der Waals surface area contributed by atoms with Gasteiger partial charge in [0.15, 0.2) is 0 Å². The van der Waals surface area contributed by atoms with Crippen LogP contribution in [-0.2, 0) is 34.7 Å². The molecule has 0 unspecified atom stereocenters. The first-order chi connectivity index (χ1) is 27.4. The molecule has 6 rings (SSSR count). The van der Waals surface area contributed by atoms with Crippen LogP contribution in [0.25, 0.3) is 0 Å². The number of likely N-dealkylation sites (N-methyl/N-ethyl adjacent to an activating group) is 2. The number of hydrogen-bond donors (Lipinski definition) is 2. The Balaban J connectivity index is 1.28. The van der Waals surface area contributed by atoms with Crippen LogP contribution in [0.1, 0.15) is 111 Å². The molecule has 0 bridgehead atoms. The van der Waals surface area contributed by atoms with Crippen molar-refractivity contribution in [2.45, 2.75) is 90.1 Å². The second kappa shape index (κ2) is 17.0. The van der Waals surface area contributed by atoms with E-state index in [4.69, 9.17) is 0 Å². The summed E-state index contributed by atoms with van der Waals surface area (Å²) < 4.78 is 0. The van der Waals surface area contributed by atoms with Crippen LogP contribution in [0.15, 0.2) is 146 Å². The lowest BCUT2D eigenvalue weighted by Crippen LogP contribution is -2.31. The average Bonchev–Trinajstić information content (AvgIpc) is 3.22. The molecular weight excluding hydrogens is 709 g/mol. The minimum Gasteiger partial charge on any atom is -0.507 e. The Morgan fingerprint density at radius 3 is 0.897 bits per heavy atom. The maximum Gasteiger partial charge on any atom is 0.124 e. The van der Waals surface area contributed by atoms with E-state index >= 15 is 0 Å². The molecule has 4 nitrogen and oxygen atoms in total. The molecule has 0 spiro atoms. The normalized spacial score (nSPS) is 12.7. The van der Waals surface area contributed by atoms with E-state index in [1.807, 2.05) is 12.1 Å². The van der Waals surface area contributed by atoms with Crippen LogP contribution < -0.4 is 0 Å². The van der Waals surface area contributed by atoms with E-state index in [0.29, 0.717) is 24.6 Å². The van der Waals surface area contributed by atoms with E-state index in [2.05, 4.69) is 213 Å². The second-order valence-corrected chi connectivity index (χ2v) is 18.5. The monoisotopic (exact) mass is 772 g/mol. The fraction of sp³-hybridized carbons (Fsp3) is 0.333. The summed E-state index contributed by atoms with van der Waals surface area (Å²) in [6.07, 6.45) is 0. The molecule has 2 N–H and O–H groups in total. The lowest BCUT2D eigenvalue weighted by atomic mass is 9.72. The number of benzene rings is 6. The summed E-state index contributed by atoms with van der Waals surface area (Å²) >= 11 is 0. The van der Waals surface area contributed by atoms with E-state index in [1.54, 1.807) is 0 Å². The van der Waals surface area contributed by atoms with Gasteiger partial charge in [-0.1, -0.05) is 189 Å². The topological polar surface area (TPSA) is 46.9 Å². The van der Waals surface area contributed by atoms with Gasteiger partial charge in [-0.15, -0.1) is 0 Å². The van der Waals surface area contributed by atoms with Gasteiger partial charge in [0, 0.05) is 70.1 Å². The highest BCUT2D eigenvalue weighted by molar-refractivity contribution is 5.56. The van der Waals surface area contributed by atoms with Crippen molar-refractivity contribution >= 4 is 0 Å². The third kappa shape index (κ3) is 8.79. The third-order valence-corrected chi connectivity index (χ3v) is 12.9. The first kappa shape index (κ1) is 42.4. The molecule has 6 aromatic carbocycles. The van der Waals surface area contributed by atoms with Crippen LogP contribution in [0.2, 0.25) is 0 Å². The van der Waals surface area contributed by atoms with Crippen molar-refractivity contribution in [1.82, 2.24) is 9.80 Å². The number of hydrogen-bond acceptors (Lipinski definition) is 4. The van der Waals surface area contributed by atoms with Gasteiger partial charge < -0.3 is 20.0 Å². The molecule has 0 fully saturated rings. The zero-order valence-corrected chi connectivity index (χ0v) is 36.5. The van der Waals surface area contributed by atoms with Gasteiger partial charge in [0.25, 0.3) is 0 Å². The zero-order valence-electron chi connectivity index (χ0n) is 36.5. The maximum absolute atomic E-state index is 12.1. The Hall–Kier alpha value is -5.16. The van der Waals surface area contributed by atoms with Crippen molar-refractivity contribution in [1.29, 1.82) is 0 Å². The number of rotatable bonds is 15. The van der Waals surface area contributed by atoms with Gasteiger partial charge in [-0.3, -0.25) is 0 Å². The molecule has 0 radical (unpaired) electrons. The Bertz CT molecular complexity index is 2110. The Kier molecular flexibility index (Phi) is 12.4. The Morgan fingerprint density at radius 1 is 0.362 bits per heavy atom. The van der Waals surface area contributed by atoms with Crippen molar-refractivity contribution in [3.63, 3.8) is 0 Å². The zero-order chi connectivity index (χ0) is 41.9. The molecule has 0 aliphatic carbocycles. The summed E-state index contributed by atoms with van der Waals surface area (Å²) in [4.78, 5) is 4.59. The third-order valence-electron chi connectivity index (χ3n) is 12.9. The van der Waals surface area contributed by atoms with Gasteiger partial charge in [-0.2, -0.15) is 0 Å². The SMILES string of the molecule is CN(CCN(C)Cc1cc(C(C)(C)c2ccccc2)cc(C(C)(C)c2ccccc2)c1O)Cc1cc(C(C)(C)c2ccccc2)cc(C(C)(C)c2ccccc2)c1O. The molecule has 58 heavy (non-hydrogen) atoms. The molecule has 302 valence electrons. The Morgan fingerprint density at radius 2 is 0.621 bits per heavy atom. The predicted molar refractivity (Wildman–Crippen MR) is 243 cm³/mol. The fourth-order valence-electron chi connectivity index (χ4n) is 8.45. The smallest absolute Gasteiger partial charge is 0.124 e. The molecule has 0 saturated carbocycles. The first-order valence-corrected chi connectivity index (χ1v) is 20.8. The summed E-state index contributed by atoms with van der Waals surface area (Å²) in [7, 11) is 4.26. The van der Waals surface area contributed by atoms with Crippen LogP contribution >= 0.6 is 0 Å². The molecule has 0 saturated heterocycles. The lowest BCUT2D eigenvalue weighted by Gasteiger charge is -2.33. The van der Waals surface area contributed by atoms with Crippen molar-refractivity contribution in [2.24, 2.45) is 0 Å². The highest BCUT2D eigenvalue weighted by Crippen LogP contribution is 2.45. The number of phenols is 2. The minimum absolute atomic E-state index is 0.274. The standard InChI is InChI=1S/C54H64N2O2/c1-51(2,41-23-15-11-16-24-41)45-33-39(49(57)47(35-45)53(5,6)43-27-19-13-20-28-43)37-55(9)31-32-56(10)38-40-34-46(52(3,4)42-25-17-12-18-26-42)36-48(50(40)58)54(7,8)44-29-21-14-22-30-44/h11-30,33-36,57-58H,31-32,37-38H2,1-10H3. The Labute approximate surface area is 348 Å². The van der Waals surface area contributed by atoms with E-state index < -0.39 is 10.8 Å². The summed E-state index contributed by atoms with van der Waals surface area (Å²) in [5.41, 5.74) is 9.49. The van der Waals surface area contributed by atoms with Crippen LogP contribution in [0.4, 0.5) is 0 Å². The van der Waals surface area contributed by atoms with Gasteiger partial charge in [-0.05, 0) is 59.6 Å². The highest BCUT2D eigenvalue weighted by Gasteiger charge is 2.34. The molecule has 0 aromatic heterocycles. The average molecular weight is 773 g/mol. The molecule has 0 aliphatic heterocycles.